The Morgan fingerprint density at radius 1 is 1.08 bits per heavy atom. The minimum absolute atomic E-state index is 0.0728. The first kappa shape index (κ1) is 27.4. The summed E-state index contributed by atoms with van der Waals surface area (Å²) >= 11 is 6.40. The van der Waals surface area contributed by atoms with Crippen LogP contribution in [0.2, 0.25) is 5.02 Å². The van der Waals surface area contributed by atoms with Crippen molar-refractivity contribution >= 4 is 29.4 Å². The van der Waals surface area contributed by atoms with Crippen molar-refractivity contribution < 1.29 is 19.1 Å². The SMILES string of the molecule is COc1ccc(-c2cnc(NC(=O)c3c(Cl)cnn3C3CCN(C(=O)OC(C)(C)C)CC3)c(C)c2)c(C)c1. The number of aromatic nitrogens is 3. The number of likely N-dealkylation sites (tertiary alicyclic amines) is 1. The van der Waals surface area contributed by atoms with Gasteiger partial charge in [0.25, 0.3) is 5.91 Å². The Bertz CT molecular complexity index is 1340. The van der Waals surface area contributed by atoms with Gasteiger partial charge in [-0.2, -0.15) is 5.10 Å². The highest BCUT2D eigenvalue weighted by atomic mass is 35.5. The van der Waals surface area contributed by atoms with E-state index in [-0.39, 0.29) is 28.8 Å². The lowest BCUT2D eigenvalue weighted by Crippen LogP contribution is -2.42. The Morgan fingerprint density at radius 3 is 2.39 bits per heavy atom. The summed E-state index contributed by atoms with van der Waals surface area (Å²) in [7, 11) is 1.64. The zero-order valence-corrected chi connectivity index (χ0v) is 23.4. The van der Waals surface area contributed by atoms with Crippen molar-refractivity contribution in [2.45, 2.75) is 59.1 Å². The van der Waals surface area contributed by atoms with Crippen molar-refractivity contribution in [3.05, 3.63) is 58.5 Å². The molecule has 2 aromatic heterocycles. The number of nitrogens with zero attached hydrogens (tertiary/aromatic N) is 4. The second-order valence-corrected chi connectivity index (χ2v) is 10.9. The standard InChI is InChI=1S/C28H34ClN5O4/c1-17-14-21(37-6)7-8-22(17)19-13-18(2)25(30-15-19)32-26(35)24-23(29)16-31-34(24)20-9-11-33(12-10-20)27(36)38-28(3,4)5/h7-8,13-16,20H,9-12H2,1-6H3,(H,30,32,35). The molecule has 0 saturated carbocycles. The third kappa shape index (κ3) is 6.10. The summed E-state index contributed by atoms with van der Waals surface area (Å²) in [4.78, 5) is 32.0. The number of pyridine rings is 1. The summed E-state index contributed by atoms with van der Waals surface area (Å²) in [6, 6.07) is 7.80. The lowest BCUT2D eigenvalue weighted by atomic mass is 10.0. The van der Waals surface area contributed by atoms with E-state index in [4.69, 9.17) is 21.1 Å². The maximum absolute atomic E-state index is 13.3. The van der Waals surface area contributed by atoms with Gasteiger partial charge in [0.1, 0.15) is 22.9 Å². The number of hydrogen-bond donors (Lipinski definition) is 1. The van der Waals surface area contributed by atoms with Crippen molar-refractivity contribution in [1.29, 1.82) is 0 Å². The molecular weight excluding hydrogens is 506 g/mol. The number of anilines is 1. The maximum atomic E-state index is 13.3. The van der Waals surface area contributed by atoms with Crippen LogP contribution in [0, 0.1) is 13.8 Å². The number of piperidine rings is 1. The molecule has 0 bridgehead atoms. The zero-order chi connectivity index (χ0) is 27.6. The zero-order valence-electron chi connectivity index (χ0n) is 22.7. The van der Waals surface area contributed by atoms with E-state index in [1.54, 1.807) is 22.9 Å². The van der Waals surface area contributed by atoms with Gasteiger partial charge >= 0.3 is 6.09 Å². The molecule has 3 heterocycles. The number of aryl methyl sites for hydroxylation is 2. The van der Waals surface area contributed by atoms with Crippen LogP contribution in [0.4, 0.5) is 10.6 Å². The fourth-order valence-corrected chi connectivity index (χ4v) is 4.77. The molecule has 1 fully saturated rings. The molecule has 1 saturated heterocycles. The van der Waals surface area contributed by atoms with Crippen LogP contribution in [0.5, 0.6) is 5.75 Å². The lowest BCUT2D eigenvalue weighted by molar-refractivity contribution is 0.0183. The Balaban J connectivity index is 1.47. The average molecular weight is 540 g/mol. The topological polar surface area (TPSA) is 98.6 Å². The average Bonchev–Trinajstić information content (AvgIpc) is 3.25. The second kappa shape index (κ2) is 11.0. The van der Waals surface area contributed by atoms with Crippen LogP contribution in [0.15, 0.2) is 36.7 Å². The predicted octanol–water partition coefficient (Wildman–Crippen LogP) is 6.05. The van der Waals surface area contributed by atoms with E-state index < -0.39 is 5.60 Å². The number of amides is 2. The minimum atomic E-state index is -0.549. The number of halogens is 1. The number of carbonyl (C=O) groups is 2. The van der Waals surface area contributed by atoms with E-state index in [0.29, 0.717) is 31.7 Å². The fraction of sp³-hybridized carbons (Fsp3) is 0.429. The molecule has 1 aromatic carbocycles. The smallest absolute Gasteiger partial charge is 0.410 e. The Labute approximate surface area is 228 Å². The van der Waals surface area contributed by atoms with Crippen LogP contribution in [0.1, 0.15) is 61.3 Å². The van der Waals surface area contributed by atoms with Gasteiger partial charge in [-0.1, -0.05) is 17.7 Å². The molecule has 38 heavy (non-hydrogen) atoms. The predicted molar refractivity (Wildman–Crippen MR) is 147 cm³/mol. The van der Waals surface area contributed by atoms with E-state index in [1.165, 1.54) is 6.20 Å². The summed E-state index contributed by atoms with van der Waals surface area (Å²) < 4.78 is 12.4. The number of nitrogens with one attached hydrogen (secondary N) is 1. The number of benzene rings is 1. The molecule has 1 N–H and O–H groups in total. The molecule has 10 heteroatoms. The molecule has 1 aliphatic heterocycles. The molecule has 0 unspecified atom stereocenters. The van der Waals surface area contributed by atoms with E-state index in [1.807, 2.05) is 58.9 Å². The van der Waals surface area contributed by atoms with Gasteiger partial charge in [-0.05, 0) is 82.3 Å². The van der Waals surface area contributed by atoms with Crippen LogP contribution in [-0.4, -0.2) is 57.5 Å². The number of ether oxygens (including phenoxy) is 2. The number of rotatable bonds is 5. The van der Waals surface area contributed by atoms with Crippen molar-refractivity contribution in [2.24, 2.45) is 0 Å². The van der Waals surface area contributed by atoms with E-state index >= 15 is 0 Å². The van der Waals surface area contributed by atoms with Gasteiger partial charge in [-0.3, -0.25) is 9.48 Å². The highest BCUT2D eigenvalue weighted by Gasteiger charge is 2.30. The second-order valence-electron chi connectivity index (χ2n) is 10.5. The van der Waals surface area contributed by atoms with Crippen LogP contribution < -0.4 is 10.1 Å². The van der Waals surface area contributed by atoms with Crippen LogP contribution in [-0.2, 0) is 4.74 Å². The Kier molecular flexibility index (Phi) is 7.97. The highest BCUT2D eigenvalue weighted by Crippen LogP contribution is 2.30. The Morgan fingerprint density at radius 2 is 1.79 bits per heavy atom. The molecule has 2 amide bonds. The van der Waals surface area contributed by atoms with Gasteiger partial charge in [0.15, 0.2) is 0 Å². The van der Waals surface area contributed by atoms with Crippen molar-refractivity contribution in [1.82, 2.24) is 19.7 Å². The largest absolute Gasteiger partial charge is 0.497 e. The van der Waals surface area contributed by atoms with Crippen molar-refractivity contribution in [3.8, 4) is 16.9 Å². The molecular formula is C28H34ClN5O4. The molecule has 0 atom stereocenters. The quantitative estimate of drug-likeness (QED) is 0.424. The lowest BCUT2D eigenvalue weighted by Gasteiger charge is -2.33. The van der Waals surface area contributed by atoms with Gasteiger partial charge in [0.2, 0.25) is 0 Å². The molecule has 1 aliphatic rings. The molecule has 9 nitrogen and oxygen atoms in total. The monoisotopic (exact) mass is 539 g/mol. The molecule has 4 rings (SSSR count). The summed E-state index contributed by atoms with van der Waals surface area (Å²) in [5.74, 6) is 0.864. The summed E-state index contributed by atoms with van der Waals surface area (Å²) in [5, 5.41) is 7.55. The van der Waals surface area contributed by atoms with Crippen molar-refractivity contribution in [3.63, 3.8) is 0 Å². The normalized spacial score (nSPS) is 14.3. The van der Waals surface area contributed by atoms with Crippen LogP contribution >= 0.6 is 11.6 Å². The third-order valence-electron chi connectivity index (χ3n) is 6.48. The minimum Gasteiger partial charge on any atom is -0.497 e. The number of carbonyl (C=O) groups excluding carboxylic acids is 2. The van der Waals surface area contributed by atoms with E-state index in [0.717, 1.165) is 28.0 Å². The maximum Gasteiger partial charge on any atom is 0.410 e. The van der Waals surface area contributed by atoms with Crippen LogP contribution in [0.25, 0.3) is 11.1 Å². The summed E-state index contributed by atoms with van der Waals surface area (Å²) in [6.07, 6.45) is 4.15. The van der Waals surface area contributed by atoms with Crippen LogP contribution in [0.3, 0.4) is 0 Å². The summed E-state index contributed by atoms with van der Waals surface area (Å²) in [6.45, 7) is 10.5. The number of hydrogen-bond acceptors (Lipinski definition) is 6. The van der Waals surface area contributed by atoms with Crippen molar-refractivity contribution in [2.75, 3.05) is 25.5 Å². The first-order chi connectivity index (χ1) is 18.0. The molecule has 0 radical (unpaired) electrons. The van der Waals surface area contributed by atoms with E-state index in [2.05, 4.69) is 15.4 Å². The first-order valence-corrected chi connectivity index (χ1v) is 13.0. The fourth-order valence-electron chi connectivity index (χ4n) is 4.56. The molecule has 0 aliphatic carbocycles. The third-order valence-corrected chi connectivity index (χ3v) is 6.76. The highest BCUT2D eigenvalue weighted by molar-refractivity contribution is 6.34. The van der Waals surface area contributed by atoms with Gasteiger partial charge in [0, 0.05) is 24.8 Å². The first-order valence-electron chi connectivity index (χ1n) is 12.6. The van der Waals surface area contributed by atoms with E-state index in [9.17, 15) is 9.59 Å². The summed E-state index contributed by atoms with van der Waals surface area (Å²) in [5.41, 5.74) is 3.60. The Hall–Kier alpha value is -3.59. The van der Waals surface area contributed by atoms with Gasteiger partial charge in [-0.15, -0.1) is 0 Å². The number of methoxy groups -OCH3 is 1. The van der Waals surface area contributed by atoms with Gasteiger partial charge < -0.3 is 19.7 Å². The van der Waals surface area contributed by atoms with Gasteiger partial charge in [0.05, 0.1) is 24.4 Å². The molecule has 3 aromatic rings. The molecule has 0 spiro atoms. The van der Waals surface area contributed by atoms with Gasteiger partial charge in [-0.25, -0.2) is 9.78 Å². The molecule has 202 valence electrons.